The molecule has 9 heteroatoms. The lowest BCUT2D eigenvalue weighted by Crippen LogP contribution is -2.48. The maximum Gasteiger partial charge on any atom is 0.238 e. The van der Waals surface area contributed by atoms with E-state index < -0.39 is 16.1 Å². The van der Waals surface area contributed by atoms with Crippen molar-refractivity contribution < 1.29 is 13.2 Å². The fraction of sp³-hybridized carbons (Fsp3) is 0.435. The Kier molecular flexibility index (Phi) is 8.77. The highest BCUT2D eigenvalue weighted by Gasteiger charge is 2.21. The van der Waals surface area contributed by atoms with Crippen molar-refractivity contribution in [3.05, 3.63) is 65.7 Å². The number of carbonyl (C=O) groups is 1. The molecule has 1 unspecified atom stereocenters. The molecule has 32 heavy (non-hydrogen) atoms. The number of piperidine rings is 1. The molecule has 0 saturated carbocycles. The molecular formula is C23H33N5O3S. The third-order valence-corrected chi connectivity index (χ3v) is 6.73. The van der Waals surface area contributed by atoms with Gasteiger partial charge in [-0.05, 0) is 55.1 Å². The van der Waals surface area contributed by atoms with Crippen LogP contribution in [0.2, 0.25) is 0 Å². The summed E-state index contributed by atoms with van der Waals surface area (Å²) in [6, 6.07) is 16.1. The van der Waals surface area contributed by atoms with Crippen LogP contribution in [0.5, 0.6) is 0 Å². The van der Waals surface area contributed by atoms with Gasteiger partial charge in [0.15, 0.2) is 0 Å². The van der Waals surface area contributed by atoms with Gasteiger partial charge in [-0.25, -0.2) is 13.6 Å². The summed E-state index contributed by atoms with van der Waals surface area (Å²) in [4.78, 5) is 14.8. The Morgan fingerprint density at radius 1 is 1.03 bits per heavy atom. The number of nitrogens with one attached hydrogen (secondary N) is 2. The molecule has 6 N–H and O–H groups in total. The van der Waals surface area contributed by atoms with Crippen molar-refractivity contribution in [1.29, 1.82) is 0 Å². The van der Waals surface area contributed by atoms with Crippen molar-refractivity contribution in [2.24, 2.45) is 16.8 Å². The summed E-state index contributed by atoms with van der Waals surface area (Å²) >= 11 is 0. The highest BCUT2D eigenvalue weighted by atomic mass is 32.2. The highest BCUT2D eigenvalue weighted by Crippen LogP contribution is 2.19. The fourth-order valence-corrected chi connectivity index (χ4v) is 4.34. The number of carbonyl (C=O) groups excluding carboxylic acids is 1. The Hall–Kier alpha value is -2.30. The Balaban J connectivity index is 1.32. The van der Waals surface area contributed by atoms with E-state index >= 15 is 0 Å². The number of nitrogens with two attached hydrogens (primary N) is 2. The first-order chi connectivity index (χ1) is 15.3. The normalized spacial score (nSPS) is 16.6. The summed E-state index contributed by atoms with van der Waals surface area (Å²) in [6.45, 7) is 4.39. The van der Waals surface area contributed by atoms with Crippen LogP contribution in [0.3, 0.4) is 0 Å². The SMILES string of the molecule is NC(CNCc1ccccc1)C(=O)NCC1CCN(Cc2ccc(S(N)(=O)=O)cc2)CC1. The van der Waals surface area contributed by atoms with Gasteiger partial charge in [0, 0.05) is 26.2 Å². The monoisotopic (exact) mass is 459 g/mol. The van der Waals surface area contributed by atoms with Crippen LogP contribution in [-0.4, -0.2) is 51.4 Å². The van der Waals surface area contributed by atoms with E-state index in [9.17, 15) is 13.2 Å². The van der Waals surface area contributed by atoms with Gasteiger partial charge in [-0.15, -0.1) is 0 Å². The zero-order chi connectivity index (χ0) is 23.0. The number of rotatable bonds is 10. The quantitative estimate of drug-likeness (QED) is 0.415. The van der Waals surface area contributed by atoms with Gasteiger partial charge in [-0.1, -0.05) is 42.5 Å². The first-order valence-electron chi connectivity index (χ1n) is 10.9. The van der Waals surface area contributed by atoms with Crippen molar-refractivity contribution in [2.75, 3.05) is 26.2 Å². The van der Waals surface area contributed by atoms with Gasteiger partial charge < -0.3 is 16.4 Å². The van der Waals surface area contributed by atoms with E-state index in [4.69, 9.17) is 10.9 Å². The maximum atomic E-state index is 12.3. The van der Waals surface area contributed by atoms with Gasteiger partial charge in [0.2, 0.25) is 15.9 Å². The molecule has 2 aromatic rings. The molecule has 1 aliphatic rings. The number of sulfonamides is 1. The third-order valence-electron chi connectivity index (χ3n) is 5.80. The number of primary sulfonamides is 1. The topological polar surface area (TPSA) is 131 Å². The van der Waals surface area contributed by atoms with Crippen molar-refractivity contribution in [3.8, 4) is 0 Å². The van der Waals surface area contributed by atoms with Crippen LogP contribution >= 0.6 is 0 Å². The number of nitrogens with zero attached hydrogens (tertiary/aromatic N) is 1. The Bertz CT molecular complexity index is 959. The van der Waals surface area contributed by atoms with Crippen LogP contribution in [-0.2, 0) is 27.9 Å². The maximum absolute atomic E-state index is 12.3. The largest absolute Gasteiger partial charge is 0.354 e. The first kappa shape index (κ1) is 24.3. The van der Waals surface area contributed by atoms with E-state index in [0.717, 1.165) is 43.6 Å². The smallest absolute Gasteiger partial charge is 0.238 e. The minimum absolute atomic E-state index is 0.122. The average molecular weight is 460 g/mol. The van der Waals surface area contributed by atoms with Crippen LogP contribution in [0.4, 0.5) is 0 Å². The number of hydrogen-bond acceptors (Lipinski definition) is 6. The predicted molar refractivity (Wildman–Crippen MR) is 125 cm³/mol. The highest BCUT2D eigenvalue weighted by molar-refractivity contribution is 7.89. The second-order valence-corrected chi connectivity index (χ2v) is 9.94. The zero-order valence-electron chi connectivity index (χ0n) is 18.2. The second kappa shape index (κ2) is 11.5. The minimum atomic E-state index is -3.66. The van der Waals surface area contributed by atoms with Crippen LogP contribution in [0.15, 0.2) is 59.5 Å². The summed E-state index contributed by atoms with van der Waals surface area (Å²) < 4.78 is 22.7. The molecule has 0 radical (unpaired) electrons. The molecule has 1 amide bonds. The molecule has 1 heterocycles. The Morgan fingerprint density at radius 2 is 1.69 bits per heavy atom. The summed E-state index contributed by atoms with van der Waals surface area (Å²) in [5.74, 6) is 0.312. The number of amides is 1. The lowest BCUT2D eigenvalue weighted by molar-refractivity contribution is -0.122. The molecular weight excluding hydrogens is 426 g/mol. The summed E-state index contributed by atoms with van der Waals surface area (Å²) in [5.41, 5.74) is 8.23. The fourth-order valence-electron chi connectivity index (χ4n) is 3.83. The van der Waals surface area contributed by atoms with Gasteiger partial charge in [-0.2, -0.15) is 0 Å². The third kappa shape index (κ3) is 7.68. The van der Waals surface area contributed by atoms with Crippen LogP contribution in [0, 0.1) is 5.92 Å². The van der Waals surface area contributed by atoms with Crippen molar-refractivity contribution >= 4 is 15.9 Å². The standard InChI is InChI=1S/C23H33N5O3S/c24-22(16-26-14-18-4-2-1-3-5-18)23(29)27-15-19-10-12-28(13-11-19)17-20-6-8-21(9-7-20)32(25,30)31/h1-9,19,22,26H,10-17,24H2,(H,27,29)(H2,25,30,31). The number of hydrogen-bond donors (Lipinski definition) is 4. The average Bonchev–Trinajstić information content (AvgIpc) is 2.79. The van der Waals surface area contributed by atoms with Crippen molar-refractivity contribution in [1.82, 2.24) is 15.5 Å². The molecule has 0 aromatic heterocycles. The predicted octanol–water partition coefficient (Wildman–Crippen LogP) is 0.779. The molecule has 1 fully saturated rings. The van der Waals surface area contributed by atoms with Gasteiger partial charge in [0.1, 0.15) is 0 Å². The molecule has 8 nitrogen and oxygen atoms in total. The first-order valence-corrected chi connectivity index (χ1v) is 12.5. The van der Waals surface area contributed by atoms with E-state index in [0.29, 0.717) is 25.6 Å². The Labute approximate surface area is 190 Å². The molecule has 2 aromatic carbocycles. The molecule has 0 bridgehead atoms. The summed E-state index contributed by atoms with van der Waals surface area (Å²) in [5, 5.41) is 11.4. The van der Waals surface area contributed by atoms with E-state index in [1.165, 1.54) is 0 Å². The van der Waals surface area contributed by atoms with Gasteiger partial charge >= 0.3 is 0 Å². The molecule has 174 valence electrons. The Morgan fingerprint density at radius 3 is 2.31 bits per heavy atom. The van der Waals surface area contributed by atoms with Crippen LogP contribution in [0.1, 0.15) is 24.0 Å². The number of benzene rings is 2. The molecule has 0 spiro atoms. The zero-order valence-corrected chi connectivity index (χ0v) is 19.1. The second-order valence-electron chi connectivity index (χ2n) is 8.38. The van der Waals surface area contributed by atoms with Crippen molar-refractivity contribution in [2.45, 2.75) is 36.9 Å². The lowest BCUT2D eigenvalue weighted by Gasteiger charge is -2.32. The summed E-state index contributed by atoms with van der Waals surface area (Å²) in [6.07, 6.45) is 1.99. The minimum Gasteiger partial charge on any atom is -0.354 e. The van der Waals surface area contributed by atoms with Gasteiger partial charge in [0.05, 0.1) is 10.9 Å². The van der Waals surface area contributed by atoms with E-state index in [-0.39, 0.29) is 10.8 Å². The molecule has 3 rings (SSSR count). The van der Waals surface area contributed by atoms with E-state index in [1.54, 1.807) is 24.3 Å². The van der Waals surface area contributed by atoms with E-state index in [1.807, 2.05) is 30.3 Å². The van der Waals surface area contributed by atoms with Gasteiger partial charge in [0.25, 0.3) is 0 Å². The number of likely N-dealkylation sites (tertiary alicyclic amines) is 1. The van der Waals surface area contributed by atoms with Crippen LogP contribution < -0.4 is 21.5 Å². The molecule has 0 aliphatic carbocycles. The van der Waals surface area contributed by atoms with E-state index in [2.05, 4.69) is 15.5 Å². The molecule has 1 aliphatic heterocycles. The summed E-state index contributed by atoms with van der Waals surface area (Å²) in [7, 11) is -3.66. The molecule has 1 atom stereocenters. The van der Waals surface area contributed by atoms with Crippen LogP contribution in [0.25, 0.3) is 0 Å². The molecule has 1 saturated heterocycles. The lowest BCUT2D eigenvalue weighted by atomic mass is 9.96. The van der Waals surface area contributed by atoms with Crippen molar-refractivity contribution in [3.63, 3.8) is 0 Å². The van der Waals surface area contributed by atoms with Gasteiger partial charge in [-0.3, -0.25) is 9.69 Å².